The van der Waals surface area contributed by atoms with Gasteiger partial charge in [0.15, 0.2) is 0 Å². The van der Waals surface area contributed by atoms with Gasteiger partial charge in [-0.1, -0.05) is 93.7 Å². The summed E-state index contributed by atoms with van der Waals surface area (Å²) in [6.07, 6.45) is 0. The van der Waals surface area contributed by atoms with E-state index < -0.39 is 22.0 Å². The van der Waals surface area contributed by atoms with Gasteiger partial charge in [0.25, 0.3) is 15.9 Å². The van der Waals surface area contributed by atoms with Crippen molar-refractivity contribution in [3.63, 3.8) is 0 Å². The van der Waals surface area contributed by atoms with Gasteiger partial charge in [0.05, 0.1) is 27.2 Å². The molecule has 0 fully saturated rings. The number of anilines is 1. The lowest BCUT2D eigenvalue weighted by atomic mass is 9.98. The van der Waals surface area contributed by atoms with Crippen LogP contribution in [0.3, 0.4) is 0 Å². The van der Waals surface area contributed by atoms with Crippen molar-refractivity contribution in [1.82, 2.24) is 5.32 Å². The molecule has 0 unspecified atom stereocenters. The van der Waals surface area contributed by atoms with E-state index in [1.165, 1.54) is 42.5 Å². The van der Waals surface area contributed by atoms with E-state index >= 15 is 0 Å². The van der Waals surface area contributed by atoms with Crippen molar-refractivity contribution in [2.45, 2.75) is 10.9 Å². The second-order valence-electron chi connectivity index (χ2n) is 9.17. The quantitative estimate of drug-likeness (QED) is 0.163. The first-order valence-corrected chi connectivity index (χ1v) is 15.7. The zero-order valence-corrected chi connectivity index (χ0v) is 25.7. The summed E-state index contributed by atoms with van der Waals surface area (Å²) < 4.78 is 35.9. The summed E-state index contributed by atoms with van der Waals surface area (Å²) in [7, 11) is -4.08. The van der Waals surface area contributed by atoms with Crippen LogP contribution in [0.25, 0.3) is 0 Å². The minimum absolute atomic E-state index is 0.0210. The summed E-state index contributed by atoms with van der Waals surface area (Å²) in [5.74, 6) is 0.352. The Labute approximate surface area is 262 Å². The third-order valence-corrected chi connectivity index (χ3v) is 8.74. The van der Waals surface area contributed by atoms with Crippen molar-refractivity contribution in [3.05, 3.63) is 153 Å². The molecule has 1 atom stereocenters. The lowest BCUT2D eigenvalue weighted by molar-refractivity contribution is 0.0944. The summed E-state index contributed by atoms with van der Waals surface area (Å²) in [5.41, 5.74) is 1.86. The first-order valence-electron chi connectivity index (χ1n) is 12.7. The fourth-order valence-electron chi connectivity index (χ4n) is 4.21. The van der Waals surface area contributed by atoms with E-state index in [1.54, 1.807) is 24.3 Å². The Kier molecular flexibility index (Phi) is 9.18. The number of rotatable bonds is 9. The number of carbonyl (C=O) groups excluding carboxylic acids is 1. The molecular formula is C32H23BrCl2N2O4S. The number of hydrogen-bond acceptors (Lipinski definition) is 4. The van der Waals surface area contributed by atoms with Gasteiger partial charge in [0.1, 0.15) is 11.5 Å². The van der Waals surface area contributed by atoms with Crippen LogP contribution >= 0.6 is 39.1 Å². The average Bonchev–Trinajstić information content (AvgIpc) is 2.99. The highest BCUT2D eigenvalue weighted by Gasteiger charge is 2.23. The predicted molar refractivity (Wildman–Crippen MR) is 170 cm³/mol. The van der Waals surface area contributed by atoms with E-state index in [-0.39, 0.29) is 21.2 Å². The molecule has 10 heteroatoms. The van der Waals surface area contributed by atoms with Crippen molar-refractivity contribution in [3.8, 4) is 11.5 Å². The maximum atomic E-state index is 13.7. The first-order chi connectivity index (χ1) is 20.2. The van der Waals surface area contributed by atoms with Gasteiger partial charge in [0, 0.05) is 9.50 Å². The molecule has 0 bridgehead atoms. The van der Waals surface area contributed by atoms with Crippen molar-refractivity contribution in [1.29, 1.82) is 0 Å². The van der Waals surface area contributed by atoms with Gasteiger partial charge in [0.2, 0.25) is 0 Å². The van der Waals surface area contributed by atoms with E-state index in [0.717, 1.165) is 15.6 Å². The van der Waals surface area contributed by atoms with Crippen LogP contribution in [0.4, 0.5) is 5.69 Å². The van der Waals surface area contributed by atoms with Crippen molar-refractivity contribution >= 4 is 60.7 Å². The predicted octanol–water partition coefficient (Wildman–Crippen LogP) is 8.87. The Morgan fingerprint density at radius 1 is 0.762 bits per heavy atom. The molecular weight excluding hydrogens is 659 g/mol. The molecule has 0 spiro atoms. The second kappa shape index (κ2) is 13.0. The Morgan fingerprint density at radius 3 is 2.10 bits per heavy atom. The zero-order chi connectivity index (χ0) is 29.7. The molecule has 1 amide bonds. The van der Waals surface area contributed by atoms with Crippen LogP contribution in [0.15, 0.2) is 131 Å². The maximum Gasteiger partial charge on any atom is 0.261 e. The van der Waals surface area contributed by atoms with Crippen LogP contribution in [-0.2, 0) is 10.0 Å². The molecule has 0 heterocycles. The summed E-state index contributed by atoms with van der Waals surface area (Å²) in [6.45, 7) is 0. The van der Waals surface area contributed by atoms with Gasteiger partial charge in [-0.05, 0) is 77.9 Å². The molecule has 0 aromatic heterocycles. The Morgan fingerprint density at radius 2 is 1.40 bits per heavy atom. The Hall–Kier alpha value is -3.82. The number of benzene rings is 5. The number of nitrogens with one attached hydrogen (secondary N) is 2. The molecule has 5 aromatic rings. The van der Waals surface area contributed by atoms with Crippen molar-refractivity contribution in [2.24, 2.45) is 0 Å². The molecule has 42 heavy (non-hydrogen) atoms. The summed E-state index contributed by atoms with van der Waals surface area (Å²) in [6, 6.07) is 33.8. The van der Waals surface area contributed by atoms with Crippen LogP contribution in [0, 0.1) is 0 Å². The number of carbonyl (C=O) groups is 1. The van der Waals surface area contributed by atoms with Crippen LogP contribution in [-0.4, -0.2) is 14.3 Å². The van der Waals surface area contributed by atoms with Gasteiger partial charge in [-0.3, -0.25) is 9.52 Å². The molecule has 5 rings (SSSR count). The van der Waals surface area contributed by atoms with Gasteiger partial charge < -0.3 is 10.1 Å². The highest BCUT2D eigenvalue weighted by Crippen LogP contribution is 2.31. The lowest BCUT2D eigenvalue weighted by Crippen LogP contribution is -2.30. The number of hydrogen-bond donors (Lipinski definition) is 2. The monoisotopic (exact) mass is 680 g/mol. The molecule has 5 aromatic carbocycles. The summed E-state index contributed by atoms with van der Waals surface area (Å²) >= 11 is 15.8. The summed E-state index contributed by atoms with van der Waals surface area (Å²) in [4.78, 5) is 13.6. The van der Waals surface area contributed by atoms with Gasteiger partial charge >= 0.3 is 0 Å². The van der Waals surface area contributed by atoms with Crippen LogP contribution in [0.2, 0.25) is 10.0 Å². The standard InChI is InChI=1S/C32H23BrCl2N2O4S/c33-23-12-10-22(11-13-23)31(21-6-2-1-3-7-21)36-32(38)27-20-24(34)14-19-29(27)37-42(39,40)26-17-15-25(16-18-26)41-30-9-5-4-8-28(30)35/h1-20,31,37H,(H,36,38)/t31-/m0/s1. The molecule has 0 aliphatic carbocycles. The number of halogens is 3. The largest absolute Gasteiger partial charge is 0.456 e. The van der Waals surface area contributed by atoms with Crippen LogP contribution in [0.1, 0.15) is 27.5 Å². The lowest BCUT2D eigenvalue weighted by Gasteiger charge is -2.21. The topological polar surface area (TPSA) is 84.5 Å². The van der Waals surface area contributed by atoms with Gasteiger partial charge in [-0.2, -0.15) is 0 Å². The minimum Gasteiger partial charge on any atom is -0.456 e. The van der Waals surface area contributed by atoms with Crippen LogP contribution in [0.5, 0.6) is 11.5 Å². The van der Waals surface area contributed by atoms with E-state index in [2.05, 4.69) is 26.0 Å². The van der Waals surface area contributed by atoms with E-state index in [1.807, 2.05) is 54.6 Å². The smallest absolute Gasteiger partial charge is 0.261 e. The van der Waals surface area contributed by atoms with E-state index in [9.17, 15) is 13.2 Å². The fourth-order valence-corrected chi connectivity index (χ4v) is 5.90. The van der Waals surface area contributed by atoms with E-state index in [4.69, 9.17) is 27.9 Å². The third kappa shape index (κ3) is 7.14. The second-order valence-corrected chi connectivity index (χ2v) is 12.6. The highest BCUT2D eigenvalue weighted by atomic mass is 79.9. The van der Waals surface area contributed by atoms with Gasteiger partial charge in [-0.25, -0.2) is 8.42 Å². The molecule has 0 aliphatic rings. The SMILES string of the molecule is O=C(N[C@@H](c1ccccc1)c1ccc(Br)cc1)c1cc(Cl)ccc1NS(=O)(=O)c1ccc(Oc2ccccc2Cl)cc1. The van der Waals surface area contributed by atoms with Crippen molar-refractivity contribution < 1.29 is 17.9 Å². The average molecular weight is 682 g/mol. The molecule has 212 valence electrons. The minimum atomic E-state index is -4.08. The molecule has 0 aliphatic heterocycles. The summed E-state index contributed by atoms with van der Waals surface area (Å²) in [5, 5.41) is 3.75. The van der Waals surface area contributed by atoms with Gasteiger partial charge in [-0.15, -0.1) is 0 Å². The molecule has 0 saturated carbocycles. The first kappa shape index (κ1) is 29.7. The molecule has 0 radical (unpaired) electrons. The number of para-hydroxylation sites is 1. The maximum absolute atomic E-state index is 13.7. The number of sulfonamides is 1. The molecule has 2 N–H and O–H groups in total. The number of ether oxygens (including phenoxy) is 1. The third-order valence-electron chi connectivity index (χ3n) is 6.28. The number of amides is 1. The highest BCUT2D eigenvalue weighted by molar-refractivity contribution is 9.10. The normalized spacial score (nSPS) is 11.9. The van der Waals surface area contributed by atoms with E-state index in [0.29, 0.717) is 16.5 Å². The van der Waals surface area contributed by atoms with Crippen LogP contribution < -0.4 is 14.8 Å². The molecule has 6 nitrogen and oxygen atoms in total. The fraction of sp³-hybridized carbons (Fsp3) is 0.0312. The zero-order valence-electron chi connectivity index (χ0n) is 21.8. The Balaban J connectivity index is 1.40. The molecule has 0 saturated heterocycles. The van der Waals surface area contributed by atoms with Crippen molar-refractivity contribution in [2.75, 3.05) is 4.72 Å². The Bertz CT molecular complexity index is 1820.